The molecule has 2 aliphatic heterocycles. The van der Waals surface area contributed by atoms with E-state index in [2.05, 4.69) is 34.8 Å². The Balaban J connectivity index is 1.51. The molecule has 22 heavy (non-hydrogen) atoms. The summed E-state index contributed by atoms with van der Waals surface area (Å²) in [6, 6.07) is 0. The van der Waals surface area contributed by atoms with E-state index in [4.69, 9.17) is 4.74 Å². The number of H-pyrrole nitrogens is 1. The summed E-state index contributed by atoms with van der Waals surface area (Å²) in [5.41, 5.74) is 2.77. The number of aryl methyl sites for hydroxylation is 1. The maximum atomic E-state index is 6.10. The molecule has 0 amide bonds. The fourth-order valence-corrected chi connectivity index (χ4v) is 3.55. The van der Waals surface area contributed by atoms with Crippen molar-refractivity contribution in [2.45, 2.75) is 64.5 Å². The first-order valence-electron chi connectivity index (χ1n) is 8.76. The first-order chi connectivity index (χ1) is 10.7. The average Bonchev–Trinajstić information content (AvgIpc) is 2.95. The van der Waals surface area contributed by atoms with Crippen LogP contribution in [0.5, 0.6) is 0 Å². The Morgan fingerprint density at radius 3 is 2.91 bits per heavy atom. The van der Waals surface area contributed by atoms with Gasteiger partial charge in [0.05, 0.1) is 12.2 Å². The Hall–Kier alpha value is -1.13. The molecule has 0 atom stereocenters. The first kappa shape index (κ1) is 15.8. The van der Waals surface area contributed by atoms with Crippen molar-refractivity contribution >= 4 is 0 Å². The van der Waals surface area contributed by atoms with Gasteiger partial charge in [-0.1, -0.05) is 25.0 Å². The van der Waals surface area contributed by atoms with Gasteiger partial charge in [0.2, 0.25) is 0 Å². The van der Waals surface area contributed by atoms with Crippen LogP contribution in [0.1, 0.15) is 57.5 Å². The summed E-state index contributed by atoms with van der Waals surface area (Å²) in [6.45, 7) is 8.54. The monoisotopic (exact) mass is 303 g/mol. The van der Waals surface area contributed by atoms with Gasteiger partial charge in [0.1, 0.15) is 5.82 Å². The molecule has 4 nitrogen and oxygen atoms in total. The molecule has 0 aliphatic carbocycles. The number of piperidine rings is 1. The molecule has 3 heterocycles. The molecule has 4 heteroatoms. The molecule has 0 bridgehead atoms. The highest BCUT2D eigenvalue weighted by Gasteiger charge is 2.35. The SMILES string of the molecule is CCCCc1ncc(CN2CCC3(C=C(C)CCO3)CC2)[nH]1. The van der Waals surface area contributed by atoms with E-state index in [9.17, 15) is 0 Å². The molecule has 122 valence electrons. The Labute approximate surface area is 134 Å². The first-order valence-corrected chi connectivity index (χ1v) is 8.76. The smallest absolute Gasteiger partial charge is 0.106 e. The zero-order chi connectivity index (χ0) is 15.4. The molecule has 2 aliphatic rings. The van der Waals surface area contributed by atoms with Crippen LogP contribution in [0.2, 0.25) is 0 Å². The topological polar surface area (TPSA) is 41.2 Å². The summed E-state index contributed by atoms with van der Waals surface area (Å²) < 4.78 is 6.10. The molecule has 1 N–H and O–H groups in total. The van der Waals surface area contributed by atoms with E-state index in [1.165, 1.54) is 24.1 Å². The van der Waals surface area contributed by atoms with E-state index < -0.39 is 0 Å². The molecule has 1 saturated heterocycles. The summed E-state index contributed by atoms with van der Waals surface area (Å²) in [7, 11) is 0. The van der Waals surface area contributed by atoms with Crippen molar-refractivity contribution in [1.82, 2.24) is 14.9 Å². The third-order valence-corrected chi connectivity index (χ3v) is 4.94. The van der Waals surface area contributed by atoms with Crippen LogP contribution >= 0.6 is 0 Å². The number of aromatic amines is 1. The van der Waals surface area contributed by atoms with Crippen molar-refractivity contribution < 1.29 is 4.74 Å². The predicted octanol–water partition coefficient (Wildman–Crippen LogP) is 3.45. The van der Waals surface area contributed by atoms with Crippen molar-refractivity contribution in [3.8, 4) is 0 Å². The Kier molecular flexibility index (Phi) is 4.99. The quantitative estimate of drug-likeness (QED) is 0.847. The number of nitrogens with zero attached hydrogens (tertiary/aromatic N) is 2. The lowest BCUT2D eigenvalue weighted by Gasteiger charge is -2.42. The van der Waals surface area contributed by atoms with Crippen molar-refractivity contribution in [1.29, 1.82) is 0 Å². The minimum Gasteiger partial charge on any atom is -0.370 e. The van der Waals surface area contributed by atoms with E-state index in [1.807, 2.05) is 6.20 Å². The minimum atomic E-state index is 0.0269. The van der Waals surface area contributed by atoms with Crippen LogP contribution in [-0.2, 0) is 17.7 Å². The lowest BCUT2D eigenvalue weighted by Crippen LogP contribution is -2.46. The number of nitrogens with one attached hydrogen (secondary N) is 1. The molecular formula is C18H29N3O. The zero-order valence-electron chi connectivity index (χ0n) is 14.0. The highest BCUT2D eigenvalue weighted by Crippen LogP contribution is 2.33. The van der Waals surface area contributed by atoms with E-state index in [-0.39, 0.29) is 5.60 Å². The van der Waals surface area contributed by atoms with Gasteiger partial charge in [-0.15, -0.1) is 0 Å². The Morgan fingerprint density at radius 2 is 2.18 bits per heavy atom. The van der Waals surface area contributed by atoms with Crippen LogP contribution in [0, 0.1) is 0 Å². The van der Waals surface area contributed by atoms with Crippen LogP contribution in [-0.4, -0.2) is 40.2 Å². The molecule has 0 radical (unpaired) electrons. The van der Waals surface area contributed by atoms with E-state index >= 15 is 0 Å². The highest BCUT2D eigenvalue weighted by molar-refractivity contribution is 5.14. The maximum absolute atomic E-state index is 6.10. The molecule has 1 aromatic rings. The number of unbranched alkanes of at least 4 members (excludes halogenated alkanes) is 1. The minimum absolute atomic E-state index is 0.0269. The van der Waals surface area contributed by atoms with Gasteiger partial charge in [-0.2, -0.15) is 0 Å². The number of hydrogen-bond donors (Lipinski definition) is 1. The van der Waals surface area contributed by atoms with Crippen LogP contribution in [0.4, 0.5) is 0 Å². The second kappa shape index (κ2) is 6.97. The molecule has 1 aromatic heterocycles. The second-order valence-electron chi connectivity index (χ2n) is 6.89. The third-order valence-electron chi connectivity index (χ3n) is 4.94. The molecule has 1 spiro atoms. The standard InChI is InChI=1S/C18H29N3O/c1-3-4-5-17-19-13-16(20-17)14-21-9-7-18(8-10-21)12-15(2)6-11-22-18/h12-13H,3-11,14H2,1-2H3,(H,19,20). The van der Waals surface area contributed by atoms with Crippen LogP contribution in [0.3, 0.4) is 0 Å². The number of imidazole rings is 1. The fourth-order valence-electron chi connectivity index (χ4n) is 3.55. The van der Waals surface area contributed by atoms with Gasteiger partial charge < -0.3 is 9.72 Å². The van der Waals surface area contributed by atoms with Crippen molar-refractivity contribution in [2.75, 3.05) is 19.7 Å². The van der Waals surface area contributed by atoms with Gasteiger partial charge in [0, 0.05) is 37.9 Å². The molecule has 1 fully saturated rings. The lowest BCUT2D eigenvalue weighted by molar-refractivity contribution is -0.0578. The normalized spacial score (nSPS) is 22.0. The summed E-state index contributed by atoms with van der Waals surface area (Å²) >= 11 is 0. The van der Waals surface area contributed by atoms with Crippen LogP contribution in [0.25, 0.3) is 0 Å². The van der Waals surface area contributed by atoms with Crippen molar-refractivity contribution in [3.63, 3.8) is 0 Å². The van der Waals surface area contributed by atoms with Gasteiger partial charge in [0.25, 0.3) is 0 Å². The average molecular weight is 303 g/mol. The molecule has 0 unspecified atom stereocenters. The van der Waals surface area contributed by atoms with E-state index in [1.54, 1.807) is 0 Å². The van der Waals surface area contributed by atoms with Crippen molar-refractivity contribution in [3.05, 3.63) is 29.4 Å². The van der Waals surface area contributed by atoms with Gasteiger partial charge in [-0.25, -0.2) is 4.98 Å². The molecule has 0 saturated carbocycles. The lowest BCUT2D eigenvalue weighted by atomic mass is 9.87. The van der Waals surface area contributed by atoms with E-state index in [0.717, 1.165) is 57.7 Å². The molecule has 3 rings (SSSR count). The summed E-state index contributed by atoms with van der Waals surface area (Å²) in [5.74, 6) is 1.14. The molecule has 0 aromatic carbocycles. The zero-order valence-corrected chi connectivity index (χ0v) is 14.0. The predicted molar refractivity (Wildman–Crippen MR) is 88.8 cm³/mol. The summed E-state index contributed by atoms with van der Waals surface area (Å²) in [4.78, 5) is 10.5. The number of ether oxygens (including phenoxy) is 1. The number of likely N-dealkylation sites (tertiary alicyclic amines) is 1. The number of aromatic nitrogens is 2. The Morgan fingerprint density at radius 1 is 1.36 bits per heavy atom. The largest absolute Gasteiger partial charge is 0.370 e. The third kappa shape index (κ3) is 3.79. The fraction of sp³-hybridized carbons (Fsp3) is 0.722. The van der Waals surface area contributed by atoms with E-state index in [0.29, 0.717) is 0 Å². The van der Waals surface area contributed by atoms with Crippen LogP contribution in [0.15, 0.2) is 17.8 Å². The highest BCUT2D eigenvalue weighted by atomic mass is 16.5. The number of hydrogen-bond acceptors (Lipinski definition) is 3. The van der Waals surface area contributed by atoms with Gasteiger partial charge in [-0.05, 0) is 32.6 Å². The molecular weight excluding hydrogens is 274 g/mol. The van der Waals surface area contributed by atoms with Gasteiger partial charge in [0.15, 0.2) is 0 Å². The summed E-state index contributed by atoms with van der Waals surface area (Å²) in [6.07, 6.45) is 11.2. The second-order valence-corrected chi connectivity index (χ2v) is 6.89. The maximum Gasteiger partial charge on any atom is 0.106 e. The number of rotatable bonds is 5. The van der Waals surface area contributed by atoms with Gasteiger partial charge in [-0.3, -0.25) is 4.90 Å². The Bertz CT molecular complexity index is 512. The summed E-state index contributed by atoms with van der Waals surface area (Å²) in [5, 5.41) is 0. The van der Waals surface area contributed by atoms with Crippen molar-refractivity contribution in [2.24, 2.45) is 0 Å². The van der Waals surface area contributed by atoms with Gasteiger partial charge >= 0.3 is 0 Å². The van der Waals surface area contributed by atoms with Crippen LogP contribution < -0.4 is 0 Å².